The molecule has 0 spiro atoms. The second-order valence-electron chi connectivity index (χ2n) is 4.17. The molecule has 92 valence electrons. The monoisotopic (exact) mass is 335 g/mol. The molecule has 0 saturated carbocycles. The maximum Gasteiger partial charge on any atom is 0.302 e. The molecule has 3 atom stereocenters. The van der Waals surface area contributed by atoms with Crippen molar-refractivity contribution in [1.29, 1.82) is 0 Å². The average molecular weight is 335 g/mol. The van der Waals surface area contributed by atoms with Gasteiger partial charge < -0.3 is 14.7 Å². The van der Waals surface area contributed by atoms with E-state index in [1.165, 1.54) is 6.92 Å². The molecule has 1 aliphatic rings. The number of piperidine rings is 1. The number of esters is 1. The van der Waals surface area contributed by atoms with Gasteiger partial charge in [-0.05, 0) is 30.2 Å². The number of nitrogens with zero attached hydrogens (tertiary/aromatic N) is 1. The summed E-state index contributed by atoms with van der Waals surface area (Å²) in [6, 6.07) is 0. The molecule has 1 aliphatic heterocycles. The van der Waals surface area contributed by atoms with Crippen LogP contribution in [0.3, 0.4) is 0 Å². The van der Waals surface area contributed by atoms with Crippen LogP contribution in [0.1, 0.15) is 13.3 Å². The van der Waals surface area contributed by atoms with E-state index in [2.05, 4.69) is 27.5 Å². The van der Waals surface area contributed by atoms with E-state index in [4.69, 9.17) is 4.74 Å². The Morgan fingerprint density at radius 1 is 1.69 bits per heavy atom. The first-order valence-corrected chi connectivity index (χ1v) is 6.60. The van der Waals surface area contributed by atoms with Crippen molar-refractivity contribution in [2.45, 2.75) is 25.6 Å². The van der Waals surface area contributed by atoms with Gasteiger partial charge in [-0.2, -0.15) is 0 Å². The first-order chi connectivity index (χ1) is 7.54. The fourth-order valence-electron chi connectivity index (χ4n) is 2.03. The van der Waals surface area contributed by atoms with Crippen LogP contribution in [-0.2, 0) is 9.53 Å². The Labute approximate surface area is 110 Å². The van der Waals surface area contributed by atoms with Crippen LogP contribution in [-0.4, -0.2) is 48.3 Å². The van der Waals surface area contributed by atoms with Crippen molar-refractivity contribution in [1.82, 2.24) is 4.90 Å². The van der Waals surface area contributed by atoms with Crippen molar-refractivity contribution in [3.8, 4) is 0 Å². The Morgan fingerprint density at radius 3 is 2.94 bits per heavy atom. The second kappa shape index (κ2) is 6.56. The van der Waals surface area contributed by atoms with E-state index >= 15 is 0 Å². The molecule has 0 aromatic heterocycles. The van der Waals surface area contributed by atoms with Gasteiger partial charge in [0.15, 0.2) is 0 Å². The van der Waals surface area contributed by atoms with E-state index in [0.29, 0.717) is 6.54 Å². The zero-order chi connectivity index (χ0) is 12.1. The van der Waals surface area contributed by atoms with E-state index in [1.54, 1.807) is 10.2 Å². The number of hydrogen-bond donors (Lipinski definition) is 1. The number of likely N-dealkylation sites (tertiary alicyclic amines) is 1. The van der Waals surface area contributed by atoms with Gasteiger partial charge in [0.25, 0.3) is 0 Å². The summed E-state index contributed by atoms with van der Waals surface area (Å²) in [5.74, 6) is -0.276. The van der Waals surface area contributed by atoms with Crippen molar-refractivity contribution in [3.63, 3.8) is 0 Å². The summed E-state index contributed by atoms with van der Waals surface area (Å²) >= 11 is 2.08. The average Bonchev–Trinajstić information content (AvgIpc) is 2.16. The molecule has 0 aliphatic carbocycles. The molecular weight excluding hydrogens is 317 g/mol. The third-order valence-electron chi connectivity index (χ3n) is 2.84. The number of hydrogen-bond acceptors (Lipinski definition) is 4. The lowest BCUT2D eigenvalue weighted by Gasteiger charge is -2.37. The standard InChI is InChI=1S/C11H18INO3/c1-8(14)16-11-7-13(2)6-4-9(11)10(15)3-5-12/h3,5,9-11,15H,4,6-7H2,1-2H3/b5-3+/i12-4. The zero-order valence-electron chi connectivity index (χ0n) is 9.60. The predicted octanol–water partition coefficient (Wildman–Crippen LogP) is 1.18. The number of aliphatic hydroxyl groups is 1. The second-order valence-corrected chi connectivity index (χ2v) is 4.89. The molecule has 1 saturated heterocycles. The number of rotatable bonds is 3. The highest BCUT2D eigenvalue weighted by Crippen LogP contribution is 2.24. The Morgan fingerprint density at radius 2 is 2.38 bits per heavy atom. The third-order valence-corrected chi connectivity index (χ3v) is 3.25. The minimum absolute atomic E-state index is 0.00566. The van der Waals surface area contributed by atoms with Crippen molar-refractivity contribution < 1.29 is 14.6 Å². The highest BCUT2D eigenvalue weighted by Gasteiger charge is 2.33. The van der Waals surface area contributed by atoms with Crippen molar-refractivity contribution in [3.05, 3.63) is 10.2 Å². The van der Waals surface area contributed by atoms with Crippen LogP contribution in [0.15, 0.2) is 10.2 Å². The van der Waals surface area contributed by atoms with Gasteiger partial charge in [-0.15, -0.1) is 0 Å². The molecule has 0 aromatic carbocycles. The molecule has 16 heavy (non-hydrogen) atoms. The van der Waals surface area contributed by atoms with Gasteiger partial charge in [0, 0.05) is 19.4 Å². The first kappa shape index (κ1) is 13.9. The summed E-state index contributed by atoms with van der Waals surface area (Å²) in [7, 11) is 1.99. The quantitative estimate of drug-likeness (QED) is 0.622. The smallest absolute Gasteiger partial charge is 0.302 e. The van der Waals surface area contributed by atoms with Gasteiger partial charge in [0.05, 0.1) is 6.10 Å². The van der Waals surface area contributed by atoms with Gasteiger partial charge in [-0.3, -0.25) is 4.79 Å². The Kier molecular flexibility index (Phi) is 5.71. The topological polar surface area (TPSA) is 49.8 Å². The maximum absolute atomic E-state index is 11.0. The van der Waals surface area contributed by atoms with Crippen LogP contribution in [0.25, 0.3) is 0 Å². The van der Waals surface area contributed by atoms with Gasteiger partial charge in [0.2, 0.25) is 0 Å². The maximum atomic E-state index is 11.0. The van der Waals surface area contributed by atoms with Crippen LogP contribution < -0.4 is 0 Å². The molecule has 0 amide bonds. The summed E-state index contributed by atoms with van der Waals surface area (Å²) in [5.41, 5.74) is 0. The third kappa shape index (κ3) is 4.03. The largest absolute Gasteiger partial charge is 0.461 e. The van der Waals surface area contributed by atoms with E-state index in [-0.39, 0.29) is 18.0 Å². The minimum atomic E-state index is -0.532. The van der Waals surface area contributed by atoms with Crippen molar-refractivity contribution >= 4 is 28.6 Å². The molecule has 4 nitrogen and oxygen atoms in total. The van der Waals surface area contributed by atoms with Crippen LogP contribution >= 0.6 is 22.6 Å². The van der Waals surface area contributed by atoms with Gasteiger partial charge >= 0.3 is 5.97 Å². The summed E-state index contributed by atoms with van der Waals surface area (Å²) < 4.78 is 7.06. The van der Waals surface area contributed by atoms with Crippen LogP contribution in [0.5, 0.6) is 0 Å². The Bertz CT molecular complexity index is 270. The number of carbonyl (C=O) groups excluding carboxylic acids is 1. The molecule has 5 heteroatoms. The number of ether oxygens (including phenoxy) is 1. The highest BCUT2D eigenvalue weighted by atomic mass is 123. The number of likely N-dealkylation sites (N-methyl/N-ethyl adjacent to an activating group) is 1. The van der Waals surface area contributed by atoms with E-state index in [1.807, 2.05) is 7.05 Å². The van der Waals surface area contributed by atoms with Gasteiger partial charge in [-0.25, -0.2) is 0 Å². The van der Waals surface area contributed by atoms with Gasteiger partial charge in [-0.1, -0.05) is 22.6 Å². The number of aliphatic hydroxyl groups excluding tert-OH is 1. The van der Waals surface area contributed by atoms with Gasteiger partial charge in [0.1, 0.15) is 6.10 Å². The Balaban J connectivity index is 2.67. The summed E-state index contributed by atoms with van der Waals surface area (Å²) in [6.07, 6.45) is 1.85. The molecule has 1 fully saturated rings. The SMILES string of the molecule is CC(=O)OC1CN(C)CCC1C(O)/C=C/[123I]. The highest BCUT2D eigenvalue weighted by molar-refractivity contribution is 14.1. The molecule has 3 unspecified atom stereocenters. The summed E-state index contributed by atoms with van der Waals surface area (Å²) in [5, 5.41) is 9.94. The van der Waals surface area contributed by atoms with Crippen LogP contribution in [0.4, 0.5) is 0 Å². The number of carbonyl (C=O) groups is 1. The molecule has 1 N–H and O–H groups in total. The lowest BCUT2D eigenvalue weighted by atomic mass is 9.88. The van der Waals surface area contributed by atoms with Crippen molar-refractivity contribution in [2.75, 3.05) is 20.1 Å². The molecule has 0 bridgehead atoms. The zero-order valence-corrected chi connectivity index (χ0v) is 11.8. The fraction of sp³-hybridized carbons (Fsp3) is 0.727. The fourth-order valence-corrected chi connectivity index (χ4v) is 2.46. The van der Waals surface area contributed by atoms with Crippen LogP contribution in [0, 0.1) is 5.92 Å². The lowest BCUT2D eigenvalue weighted by Crippen LogP contribution is -2.47. The first-order valence-electron chi connectivity index (χ1n) is 5.35. The summed E-state index contributed by atoms with van der Waals surface area (Å²) in [6.45, 7) is 3.02. The molecule has 0 radical (unpaired) electrons. The van der Waals surface area contributed by atoms with Crippen LogP contribution in [0.2, 0.25) is 0 Å². The number of halogens is 1. The minimum Gasteiger partial charge on any atom is -0.461 e. The molecule has 0 aromatic rings. The lowest BCUT2D eigenvalue weighted by molar-refractivity contribution is -0.154. The molecular formula is C11H18INO3. The molecule has 1 rings (SSSR count). The van der Waals surface area contributed by atoms with E-state index < -0.39 is 6.10 Å². The molecule has 1 heterocycles. The van der Waals surface area contributed by atoms with Crippen molar-refractivity contribution in [2.24, 2.45) is 5.92 Å². The van der Waals surface area contributed by atoms with E-state index in [0.717, 1.165) is 13.0 Å². The predicted molar refractivity (Wildman–Crippen MR) is 70.3 cm³/mol. The summed E-state index contributed by atoms with van der Waals surface area (Å²) in [4.78, 5) is 13.1. The normalized spacial score (nSPS) is 29.2. The van der Waals surface area contributed by atoms with E-state index in [9.17, 15) is 9.90 Å². The Hall–Kier alpha value is -0.140.